The van der Waals surface area contributed by atoms with Crippen LogP contribution in [0.3, 0.4) is 0 Å². The lowest BCUT2D eigenvalue weighted by atomic mass is 10.1. The van der Waals surface area contributed by atoms with Gasteiger partial charge in [-0.15, -0.1) is 0 Å². The van der Waals surface area contributed by atoms with Crippen molar-refractivity contribution in [3.05, 3.63) is 23.9 Å². The second-order valence-corrected chi connectivity index (χ2v) is 5.21. The summed E-state index contributed by atoms with van der Waals surface area (Å²) in [5.74, 6) is -0.974. The molecule has 0 aliphatic heterocycles. The molecule has 0 saturated carbocycles. The molecule has 1 atom stereocenters. The maximum absolute atomic E-state index is 12.3. The van der Waals surface area contributed by atoms with E-state index in [-0.39, 0.29) is 6.04 Å². The van der Waals surface area contributed by atoms with Crippen LogP contribution < -0.4 is 10.6 Å². The van der Waals surface area contributed by atoms with E-state index in [1.54, 1.807) is 18.3 Å². The van der Waals surface area contributed by atoms with Gasteiger partial charge in [0, 0.05) is 12.2 Å². The second-order valence-electron chi connectivity index (χ2n) is 5.21. The number of carbonyl (C=O) groups is 2. The number of carbonyl (C=O) groups excluding carboxylic acids is 1. The van der Waals surface area contributed by atoms with Crippen molar-refractivity contribution in [1.82, 2.24) is 10.3 Å². The molecule has 0 saturated heterocycles. The SMILES string of the molecule is CCCCC(NC(=O)c1cccnc1NC(C)C)C(=O)O. The Morgan fingerprint density at radius 1 is 1.38 bits per heavy atom. The van der Waals surface area contributed by atoms with Crippen LogP contribution in [0, 0.1) is 0 Å². The van der Waals surface area contributed by atoms with Crippen LogP contribution in [0.5, 0.6) is 0 Å². The summed E-state index contributed by atoms with van der Waals surface area (Å²) in [6.45, 7) is 5.86. The number of anilines is 1. The largest absolute Gasteiger partial charge is 0.480 e. The molecule has 1 aromatic rings. The molecular formula is C15H23N3O3. The Morgan fingerprint density at radius 2 is 2.10 bits per heavy atom. The number of carboxylic acid groups (broad SMARTS) is 1. The van der Waals surface area contributed by atoms with Crippen molar-refractivity contribution in [2.24, 2.45) is 0 Å². The topological polar surface area (TPSA) is 91.3 Å². The Hall–Kier alpha value is -2.11. The van der Waals surface area contributed by atoms with Gasteiger partial charge in [0.1, 0.15) is 11.9 Å². The van der Waals surface area contributed by atoms with Crippen molar-refractivity contribution in [2.75, 3.05) is 5.32 Å². The molecule has 1 heterocycles. The molecular weight excluding hydrogens is 270 g/mol. The maximum Gasteiger partial charge on any atom is 0.326 e. The van der Waals surface area contributed by atoms with Crippen LogP contribution in [0.2, 0.25) is 0 Å². The predicted octanol–water partition coefficient (Wildman–Crippen LogP) is 2.28. The third-order valence-corrected chi connectivity index (χ3v) is 2.93. The monoisotopic (exact) mass is 293 g/mol. The van der Waals surface area contributed by atoms with Gasteiger partial charge in [-0.2, -0.15) is 0 Å². The first-order valence-corrected chi connectivity index (χ1v) is 7.21. The molecule has 0 aliphatic rings. The van der Waals surface area contributed by atoms with Gasteiger partial charge in [0.05, 0.1) is 5.56 Å². The highest BCUT2D eigenvalue weighted by Gasteiger charge is 2.21. The molecule has 3 N–H and O–H groups in total. The van der Waals surface area contributed by atoms with Gasteiger partial charge >= 0.3 is 5.97 Å². The number of hydrogen-bond donors (Lipinski definition) is 3. The zero-order valence-electron chi connectivity index (χ0n) is 12.7. The van der Waals surface area contributed by atoms with Crippen LogP contribution >= 0.6 is 0 Å². The molecule has 0 aromatic carbocycles. The average Bonchev–Trinajstić information content (AvgIpc) is 2.42. The number of unbranched alkanes of at least 4 members (excludes halogenated alkanes) is 1. The number of carboxylic acids is 1. The summed E-state index contributed by atoms with van der Waals surface area (Å²) in [5, 5.41) is 14.8. The van der Waals surface area contributed by atoms with Gasteiger partial charge < -0.3 is 15.7 Å². The summed E-state index contributed by atoms with van der Waals surface area (Å²) in [6, 6.07) is 2.54. The number of amides is 1. The molecule has 0 bridgehead atoms. The summed E-state index contributed by atoms with van der Waals surface area (Å²) in [6.07, 6.45) is 3.64. The number of nitrogens with one attached hydrogen (secondary N) is 2. The number of hydrogen-bond acceptors (Lipinski definition) is 4. The lowest BCUT2D eigenvalue weighted by Crippen LogP contribution is -2.41. The average molecular weight is 293 g/mol. The van der Waals surface area contributed by atoms with E-state index in [0.29, 0.717) is 17.8 Å². The molecule has 1 rings (SSSR count). The van der Waals surface area contributed by atoms with Crippen molar-refractivity contribution in [3.63, 3.8) is 0 Å². The van der Waals surface area contributed by atoms with Crippen molar-refractivity contribution < 1.29 is 14.7 Å². The quantitative estimate of drug-likeness (QED) is 0.684. The van der Waals surface area contributed by atoms with Gasteiger partial charge in [-0.3, -0.25) is 4.79 Å². The first-order valence-electron chi connectivity index (χ1n) is 7.21. The van der Waals surface area contributed by atoms with Crippen LogP contribution in [0.4, 0.5) is 5.82 Å². The highest BCUT2D eigenvalue weighted by Crippen LogP contribution is 2.13. The third-order valence-electron chi connectivity index (χ3n) is 2.93. The number of rotatable bonds is 8. The predicted molar refractivity (Wildman–Crippen MR) is 81.4 cm³/mol. The lowest BCUT2D eigenvalue weighted by Gasteiger charge is -2.17. The minimum Gasteiger partial charge on any atom is -0.480 e. The molecule has 0 aliphatic carbocycles. The zero-order chi connectivity index (χ0) is 15.8. The summed E-state index contributed by atoms with van der Waals surface area (Å²) < 4.78 is 0. The maximum atomic E-state index is 12.3. The van der Waals surface area contributed by atoms with Crippen molar-refractivity contribution in [2.45, 2.75) is 52.1 Å². The van der Waals surface area contributed by atoms with Crippen molar-refractivity contribution >= 4 is 17.7 Å². The molecule has 6 heteroatoms. The molecule has 0 fully saturated rings. The van der Waals surface area contributed by atoms with E-state index in [0.717, 1.165) is 12.8 Å². The van der Waals surface area contributed by atoms with E-state index in [1.807, 2.05) is 20.8 Å². The van der Waals surface area contributed by atoms with Crippen molar-refractivity contribution in [1.29, 1.82) is 0 Å². The van der Waals surface area contributed by atoms with E-state index in [1.165, 1.54) is 0 Å². The van der Waals surface area contributed by atoms with Gasteiger partial charge in [-0.05, 0) is 32.4 Å². The summed E-state index contributed by atoms with van der Waals surface area (Å²) in [7, 11) is 0. The molecule has 0 spiro atoms. The van der Waals surface area contributed by atoms with Gasteiger partial charge in [-0.25, -0.2) is 9.78 Å². The van der Waals surface area contributed by atoms with E-state index < -0.39 is 17.9 Å². The van der Waals surface area contributed by atoms with Crippen LogP contribution in [-0.2, 0) is 4.79 Å². The van der Waals surface area contributed by atoms with E-state index in [9.17, 15) is 9.59 Å². The van der Waals surface area contributed by atoms with E-state index >= 15 is 0 Å². The van der Waals surface area contributed by atoms with Gasteiger partial charge in [-0.1, -0.05) is 19.8 Å². The second kappa shape index (κ2) is 8.24. The summed E-state index contributed by atoms with van der Waals surface area (Å²) >= 11 is 0. The third kappa shape index (κ3) is 5.41. The van der Waals surface area contributed by atoms with Crippen molar-refractivity contribution in [3.8, 4) is 0 Å². The Kier molecular flexibility index (Phi) is 6.65. The van der Waals surface area contributed by atoms with Crippen LogP contribution in [-0.4, -0.2) is 34.1 Å². The van der Waals surface area contributed by atoms with Crippen LogP contribution in [0.1, 0.15) is 50.4 Å². The molecule has 21 heavy (non-hydrogen) atoms. The Labute approximate surface area is 125 Å². The Morgan fingerprint density at radius 3 is 2.67 bits per heavy atom. The number of nitrogens with zero attached hydrogens (tertiary/aromatic N) is 1. The molecule has 1 unspecified atom stereocenters. The molecule has 1 amide bonds. The Bertz CT molecular complexity index is 489. The Balaban J connectivity index is 2.84. The van der Waals surface area contributed by atoms with Gasteiger partial charge in [0.15, 0.2) is 0 Å². The van der Waals surface area contributed by atoms with E-state index in [2.05, 4.69) is 15.6 Å². The molecule has 116 valence electrons. The lowest BCUT2D eigenvalue weighted by molar-refractivity contribution is -0.139. The minimum absolute atomic E-state index is 0.127. The van der Waals surface area contributed by atoms with Gasteiger partial charge in [0.2, 0.25) is 0 Å². The fourth-order valence-electron chi connectivity index (χ4n) is 1.88. The standard InChI is InChI=1S/C15H23N3O3/c1-4-5-8-12(15(20)21)18-14(19)11-7-6-9-16-13(11)17-10(2)3/h6-7,9-10,12H,4-5,8H2,1-3H3,(H,16,17)(H,18,19)(H,20,21). The number of aromatic nitrogens is 1. The van der Waals surface area contributed by atoms with E-state index in [4.69, 9.17) is 5.11 Å². The first-order chi connectivity index (χ1) is 9.95. The van der Waals surface area contributed by atoms with Gasteiger partial charge in [0.25, 0.3) is 5.91 Å². The first kappa shape index (κ1) is 16.9. The fourth-order valence-corrected chi connectivity index (χ4v) is 1.88. The molecule has 6 nitrogen and oxygen atoms in total. The minimum atomic E-state index is -1.01. The highest BCUT2D eigenvalue weighted by atomic mass is 16.4. The van der Waals surface area contributed by atoms with Crippen LogP contribution in [0.25, 0.3) is 0 Å². The fraction of sp³-hybridized carbons (Fsp3) is 0.533. The summed E-state index contributed by atoms with van der Waals surface area (Å²) in [4.78, 5) is 27.6. The molecule has 1 aromatic heterocycles. The number of pyridine rings is 1. The smallest absolute Gasteiger partial charge is 0.326 e. The highest BCUT2D eigenvalue weighted by molar-refractivity contribution is 6.00. The zero-order valence-corrected chi connectivity index (χ0v) is 12.7. The molecule has 0 radical (unpaired) electrons. The number of aliphatic carboxylic acids is 1. The summed E-state index contributed by atoms with van der Waals surface area (Å²) in [5.41, 5.74) is 0.356. The normalized spacial score (nSPS) is 12.0. The van der Waals surface area contributed by atoms with Crippen LogP contribution in [0.15, 0.2) is 18.3 Å².